The topological polar surface area (TPSA) is 45.2 Å². The number of carbonyl (C=O) groups is 1. The first-order chi connectivity index (χ1) is 10.6. The molecule has 0 aliphatic heterocycles. The Balaban J connectivity index is 1.71. The van der Waals surface area contributed by atoms with E-state index in [0.717, 1.165) is 23.4 Å². The van der Waals surface area contributed by atoms with Crippen molar-refractivity contribution < 1.29 is 4.79 Å². The van der Waals surface area contributed by atoms with Crippen LogP contribution in [0.2, 0.25) is 0 Å². The normalized spacial score (nSPS) is 14.1. The van der Waals surface area contributed by atoms with Crippen molar-refractivity contribution in [1.29, 1.82) is 0 Å². The SMILES string of the molecule is CN(C)c1ccc(NC(=O)c2cc3c(s2)CCCCC3)nc1. The van der Waals surface area contributed by atoms with Crippen molar-refractivity contribution in [3.8, 4) is 0 Å². The summed E-state index contributed by atoms with van der Waals surface area (Å²) >= 11 is 1.64. The van der Waals surface area contributed by atoms with E-state index in [1.165, 1.54) is 29.7 Å². The smallest absolute Gasteiger partial charge is 0.266 e. The minimum atomic E-state index is -0.0526. The third kappa shape index (κ3) is 3.30. The number of carbonyl (C=O) groups excluding carboxylic acids is 1. The molecule has 0 saturated heterocycles. The number of hydrogen-bond acceptors (Lipinski definition) is 4. The molecule has 0 atom stereocenters. The molecule has 4 nitrogen and oxygen atoms in total. The van der Waals surface area contributed by atoms with Crippen LogP contribution in [0.5, 0.6) is 0 Å². The quantitative estimate of drug-likeness (QED) is 0.878. The summed E-state index contributed by atoms with van der Waals surface area (Å²) in [6.45, 7) is 0. The summed E-state index contributed by atoms with van der Waals surface area (Å²) in [6, 6.07) is 5.85. The highest BCUT2D eigenvalue weighted by atomic mass is 32.1. The average molecular weight is 315 g/mol. The van der Waals surface area contributed by atoms with Gasteiger partial charge in [-0.1, -0.05) is 6.42 Å². The lowest BCUT2D eigenvalue weighted by Crippen LogP contribution is -2.13. The number of nitrogens with zero attached hydrogens (tertiary/aromatic N) is 2. The second-order valence-corrected chi connectivity index (χ2v) is 7.01. The van der Waals surface area contributed by atoms with Gasteiger partial charge in [-0.15, -0.1) is 11.3 Å². The number of thiophene rings is 1. The van der Waals surface area contributed by atoms with Gasteiger partial charge in [0.25, 0.3) is 5.91 Å². The molecular weight excluding hydrogens is 294 g/mol. The number of amides is 1. The van der Waals surface area contributed by atoms with Crippen LogP contribution in [0.4, 0.5) is 11.5 Å². The average Bonchev–Trinajstić information content (AvgIpc) is 2.79. The van der Waals surface area contributed by atoms with Gasteiger partial charge in [0.05, 0.1) is 16.8 Å². The van der Waals surface area contributed by atoms with Crippen molar-refractivity contribution in [2.45, 2.75) is 32.1 Å². The number of nitrogens with one attached hydrogen (secondary N) is 1. The van der Waals surface area contributed by atoms with Crippen molar-refractivity contribution in [2.24, 2.45) is 0 Å². The molecule has 2 aromatic heterocycles. The molecule has 2 aromatic rings. The third-order valence-electron chi connectivity index (χ3n) is 3.98. The Morgan fingerprint density at radius 2 is 2.05 bits per heavy atom. The van der Waals surface area contributed by atoms with E-state index < -0.39 is 0 Å². The van der Waals surface area contributed by atoms with E-state index in [4.69, 9.17) is 0 Å². The number of anilines is 2. The van der Waals surface area contributed by atoms with Crippen molar-refractivity contribution in [3.63, 3.8) is 0 Å². The third-order valence-corrected chi connectivity index (χ3v) is 5.21. The van der Waals surface area contributed by atoms with Crippen molar-refractivity contribution in [1.82, 2.24) is 4.98 Å². The summed E-state index contributed by atoms with van der Waals surface area (Å²) < 4.78 is 0. The van der Waals surface area contributed by atoms with Gasteiger partial charge >= 0.3 is 0 Å². The Hall–Kier alpha value is -1.88. The van der Waals surface area contributed by atoms with E-state index >= 15 is 0 Å². The molecule has 116 valence electrons. The van der Waals surface area contributed by atoms with E-state index in [1.54, 1.807) is 17.5 Å². The Kier molecular flexibility index (Phi) is 4.43. The van der Waals surface area contributed by atoms with Crippen molar-refractivity contribution in [2.75, 3.05) is 24.3 Å². The predicted molar refractivity (Wildman–Crippen MR) is 92.1 cm³/mol. The minimum Gasteiger partial charge on any atom is -0.376 e. The summed E-state index contributed by atoms with van der Waals surface area (Å²) in [6.07, 6.45) is 7.75. The zero-order valence-electron chi connectivity index (χ0n) is 13.1. The van der Waals surface area contributed by atoms with E-state index in [0.29, 0.717) is 5.82 Å². The Morgan fingerprint density at radius 1 is 1.23 bits per heavy atom. The van der Waals surface area contributed by atoms with Crippen LogP contribution in [-0.4, -0.2) is 25.0 Å². The Bertz CT molecular complexity index is 638. The molecule has 0 aromatic carbocycles. The highest BCUT2D eigenvalue weighted by Gasteiger charge is 2.16. The highest BCUT2D eigenvalue weighted by Crippen LogP contribution is 2.29. The minimum absolute atomic E-state index is 0.0526. The molecular formula is C17H21N3OS. The first-order valence-electron chi connectivity index (χ1n) is 7.70. The van der Waals surface area contributed by atoms with Crippen LogP contribution in [0.25, 0.3) is 0 Å². The van der Waals surface area contributed by atoms with Crippen LogP contribution in [0.1, 0.15) is 39.4 Å². The molecule has 0 radical (unpaired) electrons. The van der Waals surface area contributed by atoms with E-state index in [2.05, 4.69) is 16.4 Å². The molecule has 1 N–H and O–H groups in total. The molecule has 2 heterocycles. The summed E-state index contributed by atoms with van der Waals surface area (Å²) in [5, 5.41) is 2.89. The molecule has 0 spiro atoms. The fourth-order valence-corrected chi connectivity index (χ4v) is 3.83. The molecule has 0 saturated carbocycles. The lowest BCUT2D eigenvalue weighted by atomic mass is 10.1. The van der Waals surface area contributed by atoms with Gasteiger partial charge in [0.1, 0.15) is 5.82 Å². The molecule has 0 bridgehead atoms. The van der Waals surface area contributed by atoms with Crippen LogP contribution in [0.15, 0.2) is 24.4 Å². The Labute approximate surface area is 135 Å². The highest BCUT2D eigenvalue weighted by molar-refractivity contribution is 7.14. The summed E-state index contributed by atoms with van der Waals surface area (Å²) in [5.74, 6) is 0.544. The first-order valence-corrected chi connectivity index (χ1v) is 8.51. The molecule has 1 aliphatic rings. The molecule has 1 amide bonds. The van der Waals surface area contributed by atoms with Crippen LogP contribution >= 0.6 is 11.3 Å². The van der Waals surface area contributed by atoms with Crippen LogP contribution in [0.3, 0.4) is 0 Å². The number of rotatable bonds is 3. The maximum absolute atomic E-state index is 12.4. The zero-order valence-corrected chi connectivity index (χ0v) is 13.9. The standard InChI is InChI=1S/C17H21N3OS/c1-20(2)13-8-9-16(18-11-13)19-17(21)15-10-12-6-4-3-5-7-14(12)22-15/h8-11H,3-7H2,1-2H3,(H,18,19,21). The number of fused-ring (bicyclic) bond motifs is 1. The number of hydrogen-bond donors (Lipinski definition) is 1. The summed E-state index contributed by atoms with van der Waals surface area (Å²) in [7, 11) is 3.93. The molecule has 0 fully saturated rings. The largest absolute Gasteiger partial charge is 0.376 e. The van der Waals surface area contributed by atoms with Crippen molar-refractivity contribution in [3.05, 3.63) is 39.7 Å². The number of pyridine rings is 1. The van der Waals surface area contributed by atoms with Crippen molar-refractivity contribution >= 4 is 28.7 Å². The Morgan fingerprint density at radius 3 is 2.77 bits per heavy atom. The van der Waals surface area contributed by atoms with Crippen LogP contribution in [-0.2, 0) is 12.8 Å². The summed E-state index contributed by atoms with van der Waals surface area (Å²) in [4.78, 5) is 20.8. The van der Waals surface area contributed by atoms with Crippen LogP contribution in [0, 0.1) is 0 Å². The fourth-order valence-electron chi connectivity index (χ4n) is 2.68. The zero-order chi connectivity index (χ0) is 15.5. The maximum atomic E-state index is 12.4. The maximum Gasteiger partial charge on any atom is 0.266 e. The van der Waals surface area contributed by atoms with Gasteiger partial charge in [-0.3, -0.25) is 4.79 Å². The van der Waals surface area contributed by atoms with Gasteiger partial charge < -0.3 is 10.2 Å². The monoisotopic (exact) mass is 315 g/mol. The lowest BCUT2D eigenvalue weighted by molar-refractivity contribution is 0.103. The fraction of sp³-hybridized carbons (Fsp3) is 0.412. The lowest BCUT2D eigenvalue weighted by Gasteiger charge is -2.12. The van der Waals surface area contributed by atoms with Gasteiger partial charge in [0.15, 0.2) is 0 Å². The van der Waals surface area contributed by atoms with E-state index in [9.17, 15) is 4.79 Å². The molecule has 0 unspecified atom stereocenters. The van der Waals surface area contributed by atoms with Gasteiger partial charge in [-0.25, -0.2) is 4.98 Å². The molecule has 1 aliphatic carbocycles. The summed E-state index contributed by atoms with van der Waals surface area (Å²) in [5.41, 5.74) is 2.38. The number of aromatic nitrogens is 1. The second kappa shape index (κ2) is 6.48. The van der Waals surface area contributed by atoms with Gasteiger partial charge in [0.2, 0.25) is 0 Å². The van der Waals surface area contributed by atoms with E-state index in [-0.39, 0.29) is 5.91 Å². The second-order valence-electron chi connectivity index (χ2n) is 5.87. The molecule has 5 heteroatoms. The van der Waals surface area contributed by atoms with Gasteiger partial charge in [0, 0.05) is 19.0 Å². The van der Waals surface area contributed by atoms with Gasteiger partial charge in [-0.05, 0) is 49.4 Å². The molecule has 3 rings (SSSR count). The van der Waals surface area contributed by atoms with E-state index in [1.807, 2.05) is 31.1 Å². The first kappa shape index (κ1) is 15.0. The van der Waals surface area contributed by atoms with Crippen LogP contribution < -0.4 is 10.2 Å². The molecule has 22 heavy (non-hydrogen) atoms. The van der Waals surface area contributed by atoms with Gasteiger partial charge in [-0.2, -0.15) is 0 Å². The predicted octanol–water partition coefficient (Wildman–Crippen LogP) is 3.73. The number of aryl methyl sites for hydroxylation is 2.